The monoisotopic (exact) mass is 397 g/mol. The van der Waals surface area contributed by atoms with Crippen molar-refractivity contribution in [3.05, 3.63) is 47.7 Å². The maximum atomic E-state index is 12.9. The molecular formula is C18H18F3N3O4. The van der Waals surface area contributed by atoms with Crippen LogP contribution in [0.5, 0.6) is 5.88 Å². The van der Waals surface area contributed by atoms with Crippen LogP contribution < -0.4 is 4.74 Å². The Morgan fingerprint density at radius 2 is 2.07 bits per heavy atom. The summed E-state index contributed by atoms with van der Waals surface area (Å²) >= 11 is 0. The number of aliphatic hydroxyl groups excluding tert-OH is 1. The predicted molar refractivity (Wildman–Crippen MR) is 89.3 cm³/mol. The second-order valence-corrected chi connectivity index (χ2v) is 6.50. The molecule has 0 aromatic carbocycles. The summed E-state index contributed by atoms with van der Waals surface area (Å²) < 4.78 is 50.3. The average molecular weight is 397 g/mol. The van der Waals surface area contributed by atoms with Crippen molar-refractivity contribution in [2.24, 2.45) is 5.92 Å². The van der Waals surface area contributed by atoms with Gasteiger partial charge >= 0.3 is 6.18 Å². The molecule has 28 heavy (non-hydrogen) atoms. The highest BCUT2D eigenvalue weighted by Gasteiger charge is 2.47. The first kappa shape index (κ1) is 20.2. The van der Waals surface area contributed by atoms with Crippen molar-refractivity contribution in [2.45, 2.75) is 44.4 Å². The van der Waals surface area contributed by atoms with Crippen molar-refractivity contribution in [3.8, 4) is 5.88 Å². The van der Waals surface area contributed by atoms with Gasteiger partial charge in [-0.25, -0.2) is 15.0 Å². The minimum atomic E-state index is -4.65. The zero-order valence-corrected chi connectivity index (χ0v) is 15.0. The van der Waals surface area contributed by atoms with Gasteiger partial charge in [-0.3, -0.25) is 0 Å². The summed E-state index contributed by atoms with van der Waals surface area (Å²) in [5.41, 5.74) is -0.0722. The topological polar surface area (TPSA) is 94.4 Å². The third-order valence-electron chi connectivity index (χ3n) is 4.55. The van der Waals surface area contributed by atoms with Crippen molar-refractivity contribution in [3.63, 3.8) is 0 Å². The zero-order valence-electron chi connectivity index (χ0n) is 15.0. The fourth-order valence-corrected chi connectivity index (χ4v) is 3.10. The minimum Gasteiger partial charge on any atom is -0.470 e. The lowest BCUT2D eigenvalue weighted by Gasteiger charge is -2.41. The van der Waals surface area contributed by atoms with Gasteiger partial charge in [0.05, 0.1) is 23.8 Å². The van der Waals surface area contributed by atoms with Gasteiger partial charge < -0.3 is 19.4 Å². The molecule has 0 aliphatic carbocycles. The Morgan fingerprint density at radius 1 is 1.32 bits per heavy atom. The molecule has 10 heteroatoms. The molecule has 1 fully saturated rings. The smallest absolute Gasteiger partial charge is 0.433 e. The van der Waals surface area contributed by atoms with E-state index in [2.05, 4.69) is 15.0 Å². The number of alkyl halides is 3. The lowest BCUT2D eigenvalue weighted by atomic mass is 9.85. The number of nitrogens with zero attached hydrogens (tertiary/aromatic N) is 3. The van der Waals surface area contributed by atoms with Crippen LogP contribution in [0.15, 0.2) is 30.7 Å². The summed E-state index contributed by atoms with van der Waals surface area (Å²) in [4.78, 5) is 23.2. The fourth-order valence-electron chi connectivity index (χ4n) is 3.10. The number of rotatable bonds is 4. The first-order chi connectivity index (χ1) is 13.2. The molecule has 3 rings (SSSR count). The van der Waals surface area contributed by atoms with Crippen LogP contribution in [0.3, 0.4) is 0 Å². The van der Waals surface area contributed by atoms with Crippen LogP contribution in [-0.2, 0) is 15.7 Å². The summed E-state index contributed by atoms with van der Waals surface area (Å²) in [6.07, 6.45) is -5.28. The second-order valence-electron chi connectivity index (χ2n) is 6.50. The van der Waals surface area contributed by atoms with Crippen LogP contribution in [0.2, 0.25) is 0 Å². The van der Waals surface area contributed by atoms with Crippen LogP contribution in [-0.4, -0.2) is 44.7 Å². The van der Waals surface area contributed by atoms with Crippen molar-refractivity contribution >= 4 is 6.29 Å². The first-order valence-corrected chi connectivity index (χ1v) is 8.48. The van der Waals surface area contributed by atoms with Crippen molar-refractivity contribution < 1.29 is 32.5 Å². The molecule has 0 saturated carbocycles. The molecular weight excluding hydrogens is 379 g/mol. The van der Waals surface area contributed by atoms with E-state index in [0.717, 1.165) is 12.1 Å². The number of hydrogen-bond acceptors (Lipinski definition) is 7. The summed E-state index contributed by atoms with van der Waals surface area (Å²) in [6.45, 7) is 3.31. The van der Waals surface area contributed by atoms with E-state index in [9.17, 15) is 23.1 Å². The van der Waals surface area contributed by atoms with Crippen LogP contribution in [0.1, 0.15) is 30.0 Å². The third-order valence-corrected chi connectivity index (χ3v) is 4.55. The van der Waals surface area contributed by atoms with Crippen LogP contribution in [0.4, 0.5) is 13.2 Å². The summed E-state index contributed by atoms with van der Waals surface area (Å²) in [5.74, 6) is -1.40. The molecule has 0 radical (unpaired) electrons. The van der Waals surface area contributed by atoms with Gasteiger partial charge in [-0.1, -0.05) is 6.07 Å². The molecule has 1 saturated heterocycles. The molecule has 0 amide bonds. The first-order valence-electron chi connectivity index (χ1n) is 8.48. The number of ether oxygens (including phenoxy) is 2. The van der Waals surface area contributed by atoms with E-state index < -0.39 is 42.2 Å². The summed E-state index contributed by atoms with van der Waals surface area (Å²) in [5, 5.41) is 10.3. The van der Waals surface area contributed by atoms with Crippen LogP contribution >= 0.6 is 0 Å². The fraction of sp³-hybridized carbons (Fsp3) is 0.444. The van der Waals surface area contributed by atoms with E-state index in [1.807, 2.05) is 0 Å². The van der Waals surface area contributed by atoms with E-state index in [1.54, 1.807) is 13.8 Å². The third kappa shape index (κ3) is 3.97. The van der Waals surface area contributed by atoms with E-state index in [1.165, 1.54) is 18.6 Å². The van der Waals surface area contributed by atoms with E-state index in [4.69, 9.17) is 9.47 Å². The Hall–Kier alpha value is -2.59. The van der Waals surface area contributed by atoms with E-state index >= 15 is 0 Å². The van der Waals surface area contributed by atoms with Gasteiger partial charge in [-0.2, -0.15) is 13.2 Å². The molecule has 2 aromatic heterocycles. The Labute approximate surface area is 158 Å². The van der Waals surface area contributed by atoms with Crippen LogP contribution in [0.25, 0.3) is 0 Å². The summed E-state index contributed by atoms with van der Waals surface area (Å²) in [6, 6.07) is 3.20. The molecule has 1 aliphatic rings. The molecule has 5 atom stereocenters. The lowest BCUT2D eigenvalue weighted by molar-refractivity contribution is -0.189. The standard InChI is InChI=1S/C18H18F3N3O4/c1-9-6-22-8-23-14(9)17-16(11(7-25)15(26)10(2)27-17)28-13-5-3-4-12(24-13)18(19,20)21/h3-8,10-11,15-17,26H,1-2H3/t10-,11+,15+,16-,17+/m1/s1. The molecule has 150 valence electrons. The van der Waals surface area contributed by atoms with Gasteiger partial charge in [0.1, 0.15) is 30.5 Å². The molecule has 0 spiro atoms. The summed E-state index contributed by atoms with van der Waals surface area (Å²) in [7, 11) is 0. The molecule has 0 bridgehead atoms. The minimum absolute atomic E-state index is 0.339. The van der Waals surface area contributed by atoms with Gasteiger partial charge in [0.2, 0.25) is 5.88 Å². The number of halogens is 3. The van der Waals surface area contributed by atoms with Crippen molar-refractivity contribution in [2.75, 3.05) is 0 Å². The number of pyridine rings is 1. The number of aromatic nitrogens is 3. The Morgan fingerprint density at radius 3 is 2.71 bits per heavy atom. The average Bonchev–Trinajstić information content (AvgIpc) is 2.65. The Balaban J connectivity index is 2.00. The Bertz CT molecular complexity index is 849. The van der Waals surface area contributed by atoms with Crippen LogP contribution in [0, 0.1) is 12.8 Å². The molecule has 7 nitrogen and oxygen atoms in total. The van der Waals surface area contributed by atoms with E-state index in [-0.39, 0.29) is 5.88 Å². The number of carbonyl (C=O) groups excluding carboxylic acids is 1. The number of carbonyl (C=O) groups is 1. The normalized spacial score (nSPS) is 28.0. The Kier molecular flexibility index (Phi) is 5.61. The van der Waals surface area contributed by atoms with Crippen molar-refractivity contribution in [1.82, 2.24) is 15.0 Å². The van der Waals surface area contributed by atoms with Gasteiger partial charge in [0.15, 0.2) is 0 Å². The van der Waals surface area contributed by atoms with Gasteiger partial charge in [0, 0.05) is 12.3 Å². The predicted octanol–water partition coefficient (Wildman–Crippen LogP) is 2.28. The SMILES string of the molecule is Cc1cncnc1[C@@H]1O[C@H](C)[C@H](O)[C@H](C=O)[C@H]1Oc1cccc(C(F)(F)F)n1. The molecule has 0 unspecified atom stereocenters. The van der Waals surface area contributed by atoms with Gasteiger partial charge in [-0.05, 0) is 25.5 Å². The molecule has 2 aromatic rings. The quantitative estimate of drug-likeness (QED) is 0.791. The molecule has 1 aliphatic heterocycles. The molecule has 3 heterocycles. The van der Waals surface area contributed by atoms with Gasteiger partial charge in [0.25, 0.3) is 0 Å². The number of aldehydes is 1. The number of aliphatic hydroxyl groups is 1. The molecule has 1 N–H and O–H groups in total. The second kappa shape index (κ2) is 7.80. The maximum Gasteiger partial charge on any atom is 0.433 e. The zero-order chi connectivity index (χ0) is 20.5. The lowest BCUT2D eigenvalue weighted by Crippen LogP contribution is -2.52. The number of hydrogen-bond donors (Lipinski definition) is 1. The number of aryl methyl sites for hydroxylation is 1. The maximum absolute atomic E-state index is 12.9. The van der Waals surface area contributed by atoms with Crippen molar-refractivity contribution in [1.29, 1.82) is 0 Å². The highest BCUT2D eigenvalue weighted by Crippen LogP contribution is 2.38. The largest absolute Gasteiger partial charge is 0.470 e. The highest BCUT2D eigenvalue weighted by atomic mass is 19.4. The van der Waals surface area contributed by atoms with E-state index in [0.29, 0.717) is 17.5 Å². The van der Waals surface area contributed by atoms with Gasteiger partial charge in [-0.15, -0.1) is 0 Å². The highest BCUT2D eigenvalue weighted by molar-refractivity contribution is 5.56.